The lowest BCUT2D eigenvalue weighted by atomic mass is 10.6. The van der Waals surface area contributed by atoms with Gasteiger partial charge in [0.25, 0.3) is 0 Å². The first-order chi connectivity index (χ1) is 23.2. The van der Waals surface area contributed by atoms with Crippen LogP contribution in [-0.2, 0) is 71.1 Å². The summed E-state index contributed by atoms with van der Waals surface area (Å²) in [5.74, 6) is -0.408. The Morgan fingerprint density at radius 3 is 0.723 bits per heavy atom. The minimum Gasteiger partial charge on any atom is -0.467 e. The maximum Gasteiger partial charge on any atom is 0.331 e. The highest BCUT2D eigenvalue weighted by molar-refractivity contribution is 5.70. The third-order valence-electron chi connectivity index (χ3n) is 5.59. The minimum atomic E-state index is -0.408. The van der Waals surface area contributed by atoms with Gasteiger partial charge in [0.05, 0.1) is 172 Å². The molecule has 47 heavy (non-hydrogen) atoms. The van der Waals surface area contributed by atoms with Gasteiger partial charge < -0.3 is 71.2 Å². The third-order valence-corrected chi connectivity index (χ3v) is 5.59. The van der Waals surface area contributed by atoms with Gasteiger partial charge in [0, 0.05) is 6.54 Å². The molecule has 16 heteroatoms. The molecule has 0 amide bonds. The minimum absolute atomic E-state index is 0.0711. The quantitative estimate of drug-likeness (QED) is 0.0623. The SMILES string of the molecule is COC(=O)COCCOCCOCCOCCOCCOCCOCCOCCOCCOCCOCCOCCOCCN(C)C. The second-order valence-corrected chi connectivity index (χ2v) is 9.78. The average molecular weight is 690 g/mol. The van der Waals surface area contributed by atoms with Crippen LogP contribution in [0.5, 0.6) is 0 Å². The van der Waals surface area contributed by atoms with Crippen LogP contribution < -0.4 is 0 Å². The van der Waals surface area contributed by atoms with E-state index < -0.39 is 5.97 Å². The van der Waals surface area contributed by atoms with Gasteiger partial charge in [-0.3, -0.25) is 0 Å². The summed E-state index contributed by atoms with van der Waals surface area (Å²) in [6, 6.07) is 0. The standard InChI is InChI=1S/C31H63NO15/c1-32(2)4-5-35-6-7-36-8-9-37-10-11-38-12-13-39-14-15-40-16-17-41-18-19-42-20-21-43-22-23-44-24-25-45-26-27-46-28-29-47-30-31(33)34-3/h4-30H2,1-3H3. The highest BCUT2D eigenvalue weighted by atomic mass is 16.6. The van der Waals surface area contributed by atoms with Gasteiger partial charge in [0.15, 0.2) is 0 Å². The molecule has 0 aliphatic rings. The zero-order valence-electron chi connectivity index (χ0n) is 29.2. The Labute approximate surface area is 281 Å². The molecule has 0 rings (SSSR count). The largest absolute Gasteiger partial charge is 0.467 e. The van der Waals surface area contributed by atoms with Crippen LogP contribution in [0.15, 0.2) is 0 Å². The van der Waals surface area contributed by atoms with Crippen LogP contribution in [0.2, 0.25) is 0 Å². The second-order valence-electron chi connectivity index (χ2n) is 9.78. The topological polar surface area (TPSA) is 150 Å². The number of ether oxygens (including phenoxy) is 14. The smallest absolute Gasteiger partial charge is 0.331 e. The van der Waals surface area contributed by atoms with Crippen molar-refractivity contribution in [2.45, 2.75) is 0 Å². The molecule has 0 saturated heterocycles. The van der Waals surface area contributed by atoms with Crippen molar-refractivity contribution >= 4 is 5.97 Å². The van der Waals surface area contributed by atoms with Gasteiger partial charge in [-0.2, -0.15) is 0 Å². The van der Waals surface area contributed by atoms with E-state index in [-0.39, 0.29) is 6.61 Å². The molecule has 0 aromatic rings. The van der Waals surface area contributed by atoms with Gasteiger partial charge >= 0.3 is 5.97 Å². The lowest BCUT2D eigenvalue weighted by Gasteiger charge is -2.10. The molecule has 0 radical (unpaired) electrons. The van der Waals surface area contributed by atoms with Crippen LogP contribution in [0, 0.1) is 0 Å². The summed E-state index contributed by atoms with van der Waals surface area (Å²) < 4.78 is 74.9. The van der Waals surface area contributed by atoms with Crippen molar-refractivity contribution in [1.29, 1.82) is 0 Å². The number of esters is 1. The van der Waals surface area contributed by atoms with E-state index in [2.05, 4.69) is 9.64 Å². The molecule has 0 heterocycles. The van der Waals surface area contributed by atoms with Gasteiger partial charge in [-0.1, -0.05) is 0 Å². The summed E-state index contributed by atoms with van der Waals surface area (Å²) >= 11 is 0. The molecule has 0 bridgehead atoms. The van der Waals surface area contributed by atoms with E-state index in [9.17, 15) is 4.79 Å². The van der Waals surface area contributed by atoms with Crippen molar-refractivity contribution in [3.8, 4) is 0 Å². The molecular weight excluding hydrogens is 626 g/mol. The van der Waals surface area contributed by atoms with Crippen LogP contribution in [0.3, 0.4) is 0 Å². The fourth-order valence-electron chi connectivity index (χ4n) is 3.10. The summed E-state index contributed by atoms with van der Waals surface area (Å²) in [7, 11) is 5.35. The van der Waals surface area contributed by atoms with Gasteiger partial charge in [0.2, 0.25) is 0 Å². The van der Waals surface area contributed by atoms with Gasteiger partial charge in [-0.15, -0.1) is 0 Å². The monoisotopic (exact) mass is 689 g/mol. The van der Waals surface area contributed by atoms with Crippen LogP contribution in [0.1, 0.15) is 0 Å². The van der Waals surface area contributed by atoms with E-state index in [1.165, 1.54) is 7.11 Å². The molecule has 0 unspecified atom stereocenters. The summed E-state index contributed by atoms with van der Waals surface area (Å²) in [6.45, 7) is 13.4. The zero-order chi connectivity index (χ0) is 34.1. The van der Waals surface area contributed by atoms with E-state index in [0.717, 1.165) is 6.54 Å². The molecule has 0 aromatic carbocycles. The molecule has 282 valence electrons. The lowest BCUT2D eigenvalue weighted by Crippen LogP contribution is -2.19. The van der Waals surface area contributed by atoms with E-state index in [1.54, 1.807) is 0 Å². The molecule has 0 saturated carbocycles. The maximum atomic E-state index is 10.9. The molecule has 0 spiro atoms. The molecule has 0 aromatic heterocycles. The summed E-state index contributed by atoms with van der Waals surface area (Å²) in [5, 5.41) is 0. The number of likely N-dealkylation sites (N-methyl/N-ethyl adjacent to an activating group) is 1. The summed E-state index contributed by atoms with van der Waals surface area (Å²) in [4.78, 5) is 12.9. The van der Waals surface area contributed by atoms with Crippen molar-refractivity contribution in [2.75, 3.05) is 200 Å². The maximum absolute atomic E-state index is 10.9. The number of rotatable bonds is 41. The van der Waals surface area contributed by atoms with E-state index in [1.807, 2.05) is 14.1 Å². The van der Waals surface area contributed by atoms with Crippen molar-refractivity contribution in [3.63, 3.8) is 0 Å². The highest BCUT2D eigenvalue weighted by Crippen LogP contribution is 1.88. The third kappa shape index (κ3) is 42.9. The molecular formula is C31H63NO15. The van der Waals surface area contributed by atoms with Crippen LogP contribution in [0.25, 0.3) is 0 Å². The number of nitrogens with zero attached hydrogens (tertiary/aromatic N) is 1. The Kier molecular flexibility index (Phi) is 40.1. The molecule has 0 aliphatic carbocycles. The Balaban J connectivity index is 3.05. The number of methoxy groups -OCH3 is 1. The molecule has 0 fully saturated rings. The fraction of sp³-hybridized carbons (Fsp3) is 0.968. The first-order valence-corrected chi connectivity index (χ1v) is 16.4. The predicted octanol–water partition coefficient (Wildman–Crippen LogP) is -0.0632. The number of hydrogen-bond donors (Lipinski definition) is 0. The van der Waals surface area contributed by atoms with Crippen molar-refractivity contribution in [3.05, 3.63) is 0 Å². The van der Waals surface area contributed by atoms with Crippen molar-refractivity contribution < 1.29 is 71.1 Å². The number of carbonyl (C=O) groups is 1. The van der Waals surface area contributed by atoms with Gasteiger partial charge in [-0.25, -0.2) is 4.79 Å². The van der Waals surface area contributed by atoms with Gasteiger partial charge in [-0.05, 0) is 14.1 Å². The number of carbonyl (C=O) groups excluding carboxylic acids is 1. The zero-order valence-corrected chi connectivity index (χ0v) is 29.2. The molecule has 16 nitrogen and oxygen atoms in total. The molecule has 0 N–H and O–H groups in total. The average Bonchev–Trinajstić information content (AvgIpc) is 3.07. The van der Waals surface area contributed by atoms with Crippen molar-refractivity contribution in [2.24, 2.45) is 0 Å². The molecule has 0 atom stereocenters. The van der Waals surface area contributed by atoms with Gasteiger partial charge in [0.1, 0.15) is 6.61 Å². The second kappa shape index (κ2) is 41.1. The van der Waals surface area contributed by atoms with E-state index >= 15 is 0 Å². The first kappa shape index (κ1) is 45.9. The lowest BCUT2D eigenvalue weighted by molar-refractivity contribution is -0.146. The Morgan fingerprint density at radius 2 is 0.532 bits per heavy atom. The summed E-state index contributed by atoms with van der Waals surface area (Å²) in [5.41, 5.74) is 0. The Hall–Kier alpha value is -1.09. The first-order valence-electron chi connectivity index (χ1n) is 16.4. The van der Waals surface area contributed by atoms with E-state index in [4.69, 9.17) is 61.6 Å². The van der Waals surface area contributed by atoms with Crippen LogP contribution in [0.4, 0.5) is 0 Å². The predicted molar refractivity (Wildman–Crippen MR) is 171 cm³/mol. The van der Waals surface area contributed by atoms with Crippen LogP contribution in [-0.4, -0.2) is 210 Å². The van der Waals surface area contributed by atoms with Crippen LogP contribution >= 0.6 is 0 Å². The molecule has 0 aliphatic heterocycles. The highest BCUT2D eigenvalue weighted by Gasteiger charge is 1.99. The Morgan fingerprint density at radius 1 is 0.340 bits per heavy atom. The Bertz CT molecular complexity index is 607. The normalized spacial score (nSPS) is 11.6. The van der Waals surface area contributed by atoms with Crippen molar-refractivity contribution in [1.82, 2.24) is 4.90 Å². The number of hydrogen-bond acceptors (Lipinski definition) is 16. The summed E-state index contributed by atoms with van der Waals surface area (Å²) in [6.07, 6.45) is 0. The fourth-order valence-corrected chi connectivity index (χ4v) is 3.10. The van der Waals surface area contributed by atoms with E-state index in [0.29, 0.717) is 165 Å².